The predicted molar refractivity (Wildman–Crippen MR) is 106 cm³/mol. The van der Waals surface area contributed by atoms with Gasteiger partial charge in [-0.05, 0) is 49.0 Å². The number of hydrogen-bond donors (Lipinski definition) is 1. The van der Waals surface area contributed by atoms with Gasteiger partial charge >= 0.3 is 0 Å². The first-order valence-electron chi connectivity index (χ1n) is 10.3. The van der Waals surface area contributed by atoms with Crippen LogP contribution in [-0.4, -0.2) is 28.7 Å². The van der Waals surface area contributed by atoms with E-state index in [-0.39, 0.29) is 46.2 Å². The molecule has 0 aromatic heterocycles. The number of allylic oxidation sites excluding steroid dienone is 4. The SMILES string of the molecule is C[C@H]1CC2C3C(=CC[C@]2(C)[C@@]1(C)C(=O)CO)[C@@]1(C)CCC(=O)C=C1CC3Cl. The molecule has 0 bridgehead atoms. The third kappa shape index (κ3) is 2.31. The summed E-state index contributed by atoms with van der Waals surface area (Å²) in [6.07, 6.45) is 8.25. The minimum Gasteiger partial charge on any atom is -0.389 e. The fraction of sp³-hybridized carbons (Fsp3) is 0.739. The number of alkyl halides is 1. The molecule has 0 saturated heterocycles. The summed E-state index contributed by atoms with van der Waals surface area (Å²) in [7, 11) is 0. The summed E-state index contributed by atoms with van der Waals surface area (Å²) in [6.45, 7) is 8.36. The van der Waals surface area contributed by atoms with Gasteiger partial charge in [0.15, 0.2) is 11.6 Å². The van der Waals surface area contributed by atoms with Crippen molar-refractivity contribution >= 4 is 23.2 Å². The van der Waals surface area contributed by atoms with Gasteiger partial charge < -0.3 is 5.11 Å². The molecule has 0 amide bonds. The molecule has 4 aliphatic rings. The van der Waals surface area contributed by atoms with Crippen LogP contribution in [0.25, 0.3) is 0 Å². The molecule has 4 aliphatic carbocycles. The first-order chi connectivity index (χ1) is 12.6. The molecular formula is C23H31ClO3. The Balaban J connectivity index is 1.82. The van der Waals surface area contributed by atoms with Crippen LogP contribution in [0, 0.1) is 34.0 Å². The molecule has 1 N–H and O–H groups in total. The molecule has 2 saturated carbocycles. The highest BCUT2D eigenvalue weighted by Crippen LogP contribution is 2.70. The molecule has 27 heavy (non-hydrogen) atoms. The topological polar surface area (TPSA) is 54.4 Å². The first kappa shape index (κ1) is 19.4. The average Bonchev–Trinajstić information content (AvgIpc) is 2.84. The molecule has 148 valence electrons. The van der Waals surface area contributed by atoms with Gasteiger partial charge in [0.05, 0.1) is 0 Å². The van der Waals surface area contributed by atoms with Crippen LogP contribution in [0.15, 0.2) is 23.3 Å². The van der Waals surface area contributed by atoms with Gasteiger partial charge in [-0.1, -0.05) is 44.9 Å². The van der Waals surface area contributed by atoms with Gasteiger partial charge in [-0.2, -0.15) is 0 Å². The monoisotopic (exact) mass is 390 g/mol. The Kier molecular flexibility index (Phi) is 4.33. The van der Waals surface area contributed by atoms with Crippen LogP contribution in [-0.2, 0) is 9.59 Å². The van der Waals surface area contributed by atoms with Crippen molar-refractivity contribution in [2.75, 3.05) is 6.61 Å². The zero-order chi connectivity index (χ0) is 19.8. The lowest BCUT2D eigenvalue weighted by Gasteiger charge is -2.56. The molecule has 0 heterocycles. The quantitative estimate of drug-likeness (QED) is 0.559. The molecular weight excluding hydrogens is 360 g/mol. The number of hydrogen-bond acceptors (Lipinski definition) is 3. The maximum atomic E-state index is 12.8. The number of ketones is 2. The lowest BCUT2D eigenvalue weighted by Crippen LogP contribution is -2.53. The summed E-state index contributed by atoms with van der Waals surface area (Å²) in [5.41, 5.74) is 1.84. The number of carbonyl (C=O) groups excluding carboxylic acids is 2. The van der Waals surface area contributed by atoms with Crippen molar-refractivity contribution in [2.45, 2.75) is 65.2 Å². The van der Waals surface area contributed by atoms with Gasteiger partial charge in [0.1, 0.15) is 6.61 Å². The normalized spacial score (nSPS) is 48.9. The summed E-state index contributed by atoms with van der Waals surface area (Å²) in [5.74, 6) is 1.000. The van der Waals surface area contributed by atoms with Crippen molar-refractivity contribution in [3.05, 3.63) is 23.3 Å². The van der Waals surface area contributed by atoms with Crippen molar-refractivity contribution in [3.63, 3.8) is 0 Å². The van der Waals surface area contributed by atoms with E-state index in [1.807, 2.05) is 6.08 Å². The molecule has 7 atom stereocenters. The van der Waals surface area contributed by atoms with E-state index in [4.69, 9.17) is 11.6 Å². The summed E-state index contributed by atoms with van der Waals surface area (Å²) < 4.78 is 0. The van der Waals surface area contributed by atoms with Gasteiger partial charge in [-0.25, -0.2) is 0 Å². The Bertz CT molecular complexity index is 768. The molecule has 3 unspecified atom stereocenters. The highest BCUT2D eigenvalue weighted by molar-refractivity contribution is 6.21. The molecule has 3 nitrogen and oxygen atoms in total. The molecule has 0 spiro atoms. The second kappa shape index (κ2) is 6.03. The van der Waals surface area contributed by atoms with Crippen LogP contribution in [0.5, 0.6) is 0 Å². The smallest absolute Gasteiger partial charge is 0.164 e. The van der Waals surface area contributed by atoms with Crippen molar-refractivity contribution in [2.24, 2.45) is 34.0 Å². The van der Waals surface area contributed by atoms with Crippen LogP contribution in [0.4, 0.5) is 0 Å². The number of carbonyl (C=O) groups is 2. The standard InChI is InChI=1S/C23H31ClO3/c1-13-9-17-20-16(6-8-22(17,3)23(13,4)19(27)12-25)21(2)7-5-15(26)10-14(21)11-18(20)24/h6,10,13,17-18,20,25H,5,7-9,11-12H2,1-4H3/t13-,17?,18?,20?,21-,22-,23+/m0/s1. The van der Waals surface area contributed by atoms with E-state index in [1.165, 1.54) is 11.1 Å². The van der Waals surface area contributed by atoms with Gasteiger partial charge in [0.25, 0.3) is 0 Å². The Morgan fingerprint density at radius 2 is 2.04 bits per heavy atom. The van der Waals surface area contributed by atoms with E-state index in [2.05, 4.69) is 33.8 Å². The van der Waals surface area contributed by atoms with E-state index in [9.17, 15) is 14.7 Å². The van der Waals surface area contributed by atoms with Crippen molar-refractivity contribution < 1.29 is 14.7 Å². The van der Waals surface area contributed by atoms with E-state index in [0.717, 1.165) is 25.7 Å². The summed E-state index contributed by atoms with van der Waals surface area (Å²) in [5, 5.41) is 9.62. The predicted octanol–water partition coefficient (Wildman–Crippen LogP) is 4.47. The zero-order valence-corrected chi connectivity index (χ0v) is 17.6. The maximum absolute atomic E-state index is 12.8. The van der Waals surface area contributed by atoms with Gasteiger partial charge in [0.2, 0.25) is 0 Å². The Labute approximate surface area is 167 Å². The van der Waals surface area contributed by atoms with Crippen LogP contribution in [0.2, 0.25) is 0 Å². The third-order valence-corrected chi connectivity index (χ3v) is 9.64. The van der Waals surface area contributed by atoms with Crippen LogP contribution >= 0.6 is 11.6 Å². The van der Waals surface area contributed by atoms with Crippen LogP contribution in [0.3, 0.4) is 0 Å². The summed E-state index contributed by atoms with van der Waals surface area (Å²) in [4.78, 5) is 24.8. The van der Waals surface area contributed by atoms with Crippen molar-refractivity contribution in [1.29, 1.82) is 0 Å². The lowest BCUT2D eigenvalue weighted by atomic mass is 9.48. The van der Waals surface area contributed by atoms with Gasteiger partial charge in [-0.3, -0.25) is 9.59 Å². The second-order valence-electron chi connectivity index (χ2n) is 10.0. The molecule has 2 fully saturated rings. The van der Waals surface area contributed by atoms with E-state index >= 15 is 0 Å². The van der Waals surface area contributed by atoms with Gasteiger partial charge in [-0.15, -0.1) is 11.6 Å². The van der Waals surface area contributed by atoms with Gasteiger partial charge in [0, 0.05) is 28.5 Å². The molecule has 0 aliphatic heterocycles. The minimum atomic E-state index is -0.523. The van der Waals surface area contributed by atoms with E-state index < -0.39 is 5.41 Å². The fourth-order valence-corrected chi connectivity index (χ4v) is 7.59. The number of fused-ring (bicyclic) bond motifs is 5. The molecule has 0 aromatic carbocycles. The summed E-state index contributed by atoms with van der Waals surface area (Å²) in [6, 6.07) is 0. The molecule has 4 heteroatoms. The lowest BCUT2D eigenvalue weighted by molar-refractivity contribution is -0.141. The number of Topliss-reactive ketones (excluding diaryl/α,β-unsaturated/α-hetero) is 1. The fourth-order valence-electron chi connectivity index (χ4n) is 7.11. The highest BCUT2D eigenvalue weighted by atomic mass is 35.5. The van der Waals surface area contributed by atoms with Crippen LogP contribution in [0.1, 0.15) is 59.8 Å². The maximum Gasteiger partial charge on any atom is 0.164 e. The zero-order valence-electron chi connectivity index (χ0n) is 16.8. The van der Waals surface area contributed by atoms with Crippen molar-refractivity contribution in [3.8, 4) is 0 Å². The number of aliphatic hydroxyl groups is 1. The molecule has 0 aromatic rings. The minimum absolute atomic E-state index is 0.0335. The Morgan fingerprint density at radius 1 is 1.33 bits per heavy atom. The van der Waals surface area contributed by atoms with E-state index in [1.54, 1.807) is 0 Å². The Morgan fingerprint density at radius 3 is 2.70 bits per heavy atom. The number of aliphatic hydroxyl groups excluding tert-OH is 1. The first-order valence-corrected chi connectivity index (χ1v) is 10.8. The highest BCUT2D eigenvalue weighted by Gasteiger charge is 2.66. The third-order valence-electron chi connectivity index (χ3n) is 9.22. The van der Waals surface area contributed by atoms with E-state index in [0.29, 0.717) is 12.3 Å². The average molecular weight is 391 g/mol. The second-order valence-corrected chi connectivity index (χ2v) is 10.6. The number of rotatable bonds is 2. The largest absolute Gasteiger partial charge is 0.389 e. The Hall–Kier alpha value is -0.930. The molecule has 0 radical (unpaired) electrons. The number of halogens is 1. The summed E-state index contributed by atoms with van der Waals surface area (Å²) >= 11 is 6.98. The molecule has 4 rings (SSSR count). The van der Waals surface area contributed by atoms with Crippen LogP contribution < -0.4 is 0 Å². The van der Waals surface area contributed by atoms with Crippen molar-refractivity contribution in [1.82, 2.24) is 0 Å².